The molecule has 0 aromatic heterocycles. The minimum absolute atomic E-state index is 0.0349. The van der Waals surface area contributed by atoms with Crippen LogP contribution in [0.3, 0.4) is 0 Å². The molecule has 0 aliphatic carbocycles. The SMILES string of the molecule is CC[C@H](C)[C@H](CO)N1C(=O)[C@@H]2[C@H]3C(=O)OCCC=C[C@H]3O[C@@]23C=CCN(C(C)C)C(=O)C13. The summed E-state index contributed by atoms with van der Waals surface area (Å²) in [4.78, 5) is 44.2. The van der Waals surface area contributed by atoms with Crippen molar-refractivity contribution in [3.05, 3.63) is 24.3 Å². The van der Waals surface area contributed by atoms with E-state index in [0.717, 1.165) is 6.42 Å². The smallest absolute Gasteiger partial charge is 0.312 e. The highest BCUT2D eigenvalue weighted by molar-refractivity contribution is 5.99. The fraction of sp³-hybridized carbons (Fsp3) is 0.708. The molecule has 0 aromatic carbocycles. The van der Waals surface area contributed by atoms with Crippen LogP contribution in [-0.4, -0.2) is 82.3 Å². The van der Waals surface area contributed by atoms with Gasteiger partial charge in [-0.05, 0) is 26.2 Å². The monoisotopic (exact) mass is 446 g/mol. The summed E-state index contributed by atoms with van der Waals surface area (Å²) in [6, 6.07) is -1.57. The fourth-order valence-corrected chi connectivity index (χ4v) is 5.70. The Labute approximate surface area is 189 Å². The summed E-state index contributed by atoms with van der Waals surface area (Å²) in [5.41, 5.74) is -1.28. The van der Waals surface area contributed by atoms with Crippen LogP contribution in [0.4, 0.5) is 0 Å². The first-order chi connectivity index (χ1) is 15.3. The zero-order valence-electron chi connectivity index (χ0n) is 19.3. The van der Waals surface area contributed by atoms with E-state index in [1.165, 1.54) is 4.90 Å². The number of amides is 2. The van der Waals surface area contributed by atoms with Crippen LogP contribution in [0.5, 0.6) is 0 Å². The molecule has 0 radical (unpaired) electrons. The van der Waals surface area contributed by atoms with Gasteiger partial charge >= 0.3 is 5.97 Å². The number of aliphatic hydroxyl groups excluding tert-OH is 1. The second-order valence-electron chi connectivity index (χ2n) is 9.59. The second-order valence-corrected chi connectivity index (χ2v) is 9.59. The van der Waals surface area contributed by atoms with Gasteiger partial charge in [-0.1, -0.05) is 44.6 Å². The van der Waals surface area contributed by atoms with E-state index in [9.17, 15) is 19.5 Å². The Hall–Kier alpha value is -2.19. The average molecular weight is 447 g/mol. The number of cyclic esters (lactones) is 1. The molecule has 1 unspecified atom stereocenters. The molecule has 0 saturated carbocycles. The minimum atomic E-state index is -1.28. The van der Waals surface area contributed by atoms with Crippen molar-refractivity contribution in [1.29, 1.82) is 0 Å². The van der Waals surface area contributed by atoms with Crippen molar-refractivity contribution >= 4 is 17.8 Å². The Bertz CT molecular complexity index is 838. The molecule has 2 saturated heterocycles. The van der Waals surface area contributed by atoms with Crippen LogP contribution in [-0.2, 0) is 23.9 Å². The predicted octanol–water partition coefficient (Wildman–Crippen LogP) is 1.28. The summed E-state index contributed by atoms with van der Waals surface area (Å²) in [6.45, 7) is 8.20. The van der Waals surface area contributed by atoms with Gasteiger partial charge in [-0.2, -0.15) is 0 Å². The number of rotatable bonds is 5. The number of hydrogen-bond acceptors (Lipinski definition) is 6. The first kappa shape index (κ1) is 23.0. The number of aliphatic hydroxyl groups is 1. The third-order valence-electron chi connectivity index (χ3n) is 7.56. The van der Waals surface area contributed by atoms with Gasteiger partial charge < -0.3 is 24.4 Å². The fourth-order valence-electron chi connectivity index (χ4n) is 5.70. The lowest BCUT2D eigenvalue weighted by Crippen LogP contribution is -2.60. The second kappa shape index (κ2) is 8.63. The van der Waals surface area contributed by atoms with Gasteiger partial charge in [0.2, 0.25) is 11.8 Å². The van der Waals surface area contributed by atoms with E-state index in [4.69, 9.17) is 9.47 Å². The van der Waals surface area contributed by atoms with Crippen molar-refractivity contribution in [2.24, 2.45) is 17.8 Å². The highest BCUT2D eigenvalue weighted by Gasteiger charge is 2.72. The molecule has 4 aliphatic heterocycles. The summed E-state index contributed by atoms with van der Waals surface area (Å²) in [5, 5.41) is 10.3. The van der Waals surface area contributed by atoms with Crippen molar-refractivity contribution in [3.8, 4) is 0 Å². The molecule has 4 aliphatic rings. The summed E-state index contributed by atoms with van der Waals surface area (Å²) < 4.78 is 11.9. The maximum Gasteiger partial charge on any atom is 0.312 e. The van der Waals surface area contributed by atoms with Gasteiger partial charge in [-0.15, -0.1) is 0 Å². The number of carbonyl (C=O) groups is 3. The van der Waals surface area contributed by atoms with Crippen molar-refractivity contribution in [2.75, 3.05) is 19.8 Å². The number of carbonyl (C=O) groups excluding carboxylic acids is 3. The molecule has 4 rings (SSSR count). The third kappa shape index (κ3) is 3.30. The topological polar surface area (TPSA) is 96.4 Å². The van der Waals surface area contributed by atoms with Gasteiger partial charge in [0.15, 0.2) is 0 Å². The molecule has 2 fully saturated rings. The predicted molar refractivity (Wildman–Crippen MR) is 116 cm³/mol. The zero-order chi connectivity index (χ0) is 23.2. The van der Waals surface area contributed by atoms with Crippen molar-refractivity contribution < 1.29 is 29.0 Å². The van der Waals surface area contributed by atoms with E-state index in [-0.39, 0.29) is 37.0 Å². The quantitative estimate of drug-likeness (QED) is 0.505. The number of esters is 1. The number of ether oxygens (including phenoxy) is 2. The summed E-state index contributed by atoms with van der Waals surface area (Å²) in [7, 11) is 0. The Kier molecular flexibility index (Phi) is 6.20. The van der Waals surface area contributed by atoms with Gasteiger partial charge in [0.25, 0.3) is 0 Å². The summed E-state index contributed by atoms with van der Waals surface area (Å²) in [6.07, 6.45) is 8.09. The van der Waals surface area contributed by atoms with E-state index in [1.54, 1.807) is 4.90 Å². The standard InChI is InChI=1S/C24H34N2O6/c1-5-15(4)16(13-27)26-20-22(29)25(14(2)3)11-8-10-24(20)19(21(26)28)18-17(32-24)9-6-7-12-31-23(18)30/h6,8-10,14-20,27H,5,7,11-13H2,1-4H3/t15-,16-,17+,18-,19-,20?,24-/m0/s1. The van der Waals surface area contributed by atoms with Crippen LogP contribution in [0.1, 0.15) is 40.5 Å². The molecule has 176 valence electrons. The van der Waals surface area contributed by atoms with Crippen molar-refractivity contribution in [1.82, 2.24) is 9.80 Å². The van der Waals surface area contributed by atoms with Gasteiger partial charge in [0.1, 0.15) is 17.6 Å². The maximum absolute atomic E-state index is 14.0. The lowest BCUT2D eigenvalue weighted by molar-refractivity contribution is -0.157. The highest BCUT2D eigenvalue weighted by atomic mass is 16.6. The Morgan fingerprint density at radius 3 is 2.59 bits per heavy atom. The van der Waals surface area contributed by atoms with Gasteiger partial charge in [-0.25, -0.2) is 0 Å². The van der Waals surface area contributed by atoms with Crippen LogP contribution in [0.2, 0.25) is 0 Å². The molecule has 0 bridgehead atoms. The first-order valence-corrected chi connectivity index (χ1v) is 11.7. The Morgan fingerprint density at radius 1 is 1.19 bits per heavy atom. The lowest BCUT2D eigenvalue weighted by Gasteiger charge is -2.41. The molecular weight excluding hydrogens is 412 g/mol. The van der Waals surface area contributed by atoms with Crippen LogP contribution in [0.15, 0.2) is 24.3 Å². The molecular formula is C24H34N2O6. The molecule has 1 spiro atoms. The summed E-state index contributed by atoms with van der Waals surface area (Å²) in [5.74, 6) is -2.74. The van der Waals surface area contributed by atoms with Gasteiger partial charge in [-0.3, -0.25) is 14.4 Å². The van der Waals surface area contributed by atoms with E-state index >= 15 is 0 Å². The number of likely N-dealkylation sites (tertiary alicyclic amines) is 1. The van der Waals surface area contributed by atoms with E-state index in [2.05, 4.69) is 0 Å². The van der Waals surface area contributed by atoms with Gasteiger partial charge in [0.05, 0.1) is 31.3 Å². The third-order valence-corrected chi connectivity index (χ3v) is 7.56. The van der Waals surface area contributed by atoms with E-state index in [0.29, 0.717) is 13.0 Å². The van der Waals surface area contributed by atoms with Gasteiger partial charge in [0, 0.05) is 12.6 Å². The highest BCUT2D eigenvalue weighted by Crippen LogP contribution is 2.54. The summed E-state index contributed by atoms with van der Waals surface area (Å²) >= 11 is 0. The zero-order valence-corrected chi connectivity index (χ0v) is 19.3. The molecule has 8 nitrogen and oxygen atoms in total. The molecule has 0 aromatic rings. The van der Waals surface area contributed by atoms with Crippen LogP contribution in [0, 0.1) is 17.8 Å². The Balaban J connectivity index is 1.88. The number of fused-ring (bicyclic) bond motifs is 2. The molecule has 7 atom stereocenters. The number of hydrogen-bond donors (Lipinski definition) is 1. The van der Waals surface area contributed by atoms with Crippen molar-refractivity contribution in [3.63, 3.8) is 0 Å². The largest absolute Gasteiger partial charge is 0.465 e. The molecule has 8 heteroatoms. The molecule has 2 amide bonds. The molecule has 4 heterocycles. The van der Waals surface area contributed by atoms with E-state index in [1.807, 2.05) is 52.0 Å². The van der Waals surface area contributed by atoms with E-state index < -0.39 is 41.6 Å². The maximum atomic E-state index is 14.0. The van der Waals surface area contributed by atoms with Crippen LogP contribution >= 0.6 is 0 Å². The first-order valence-electron chi connectivity index (χ1n) is 11.7. The molecule has 32 heavy (non-hydrogen) atoms. The minimum Gasteiger partial charge on any atom is -0.465 e. The van der Waals surface area contributed by atoms with Crippen molar-refractivity contribution in [2.45, 2.75) is 70.4 Å². The van der Waals surface area contributed by atoms with Crippen LogP contribution in [0.25, 0.3) is 0 Å². The lowest BCUT2D eigenvalue weighted by atomic mass is 9.77. The Morgan fingerprint density at radius 2 is 1.94 bits per heavy atom. The normalized spacial score (nSPS) is 36.2. The average Bonchev–Trinajstić information content (AvgIpc) is 3.12. The number of nitrogens with zero attached hydrogens (tertiary/aromatic N) is 2. The molecule has 1 N–H and O–H groups in total. The van der Waals surface area contributed by atoms with Crippen LogP contribution < -0.4 is 0 Å².